The zero-order valence-electron chi connectivity index (χ0n) is 47.0. The van der Waals surface area contributed by atoms with Gasteiger partial charge in [0, 0.05) is 38.2 Å². The minimum Gasteiger partial charge on any atom is -0.462 e. The lowest BCUT2D eigenvalue weighted by atomic mass is 9.41. The number of esters is 2. The average Bonchev–Trinajstić information content (AvgIpc) is 3.86. The molecular formula is C64H104N2O4. The lowest BCUT2D eigenvalue weighted by Crippen LogP contribution is -2.62. The zero-order valence-corrected chi connectivity index (χ0v) is 47.0. The van der Waals surface area contributed by atoms with Crippen molar-refractivity contribution in [3.8, 4) is 12.1 Å². The fourth-order valence-corrected chi connectivity index (χ4v) is 20.9. The van der Waals surface area contributed by atoms with E-state index in [0.717, 1.165) is 55.3 Å². The van der Waals surface area contributed by atoms with E-state index in [1.807, 2.05) is 6.08 Å². The fourth-order valence-electron chi connectivity index (χ4n) is 20.9. The normalized spacial score (nSPS) is 45.6. The second kappa shape index (κ2) is 23.1. The Labute approximate surface area is 429 Å². The third-order valence-corrected chi connectivity index (χ3v) is 24.1. The van der Waals surface area contributed by atoms with Gasteiger partial charge in [-0.2, -0.15) is 10.5 Å². The smallest absolute Gasteiger partial charge is 0.302 e. The molecule has 8 aliphatic rings. The SMILES string of the molecule is CC[C@H]1[C@@H](OC(C)=O)[C@@H]2[C@H](CC[C@]3(C)[C@@H]([C@H](C)CCC/C=C/C#N)CC[C@@H]23)[C@@]2(C)CC[C@@H](C)C[C@@H]12.CC[C@H]1[C@@H](OC(C)=O)[C@@H]2[C@H](CC[C@]3(C)[C@@H]([C@H](C)CCCCCC#N)CC[C@@H]23)[C@@]2(C)CC[C@@H](C)C[C@@H]12. The summed E-state index contributed by atoms with van der Waals surface area (Å²) in [6, 6.07) is 4.41. The fraction of sp³-hybridized carbons (Fsp3) is 0.906. The number of fused-ring (bicyclic) bond motifs is 10. The van der Waals surface area contributed by atoms with Gasteiger partial charge in [0.25, 0.3) is 0 Å². The highest BCUT2D eigenvalue weighted by Crippen LogP contribution is 2.72. The van der Waals surface area contributed by atoms with Crippen molar-refractivity contribution in [2.75, 3.05) is 0 Å². The molecule has 8 rings (SSSR count). The van der Waals surface area contributed by atoms with Gasteiger partial charge < -0.3 is 9.47 Å². The highest BCUT2D eigenvalue weighted by Gasteiger charge is 2.67. The summed E-state index contributed by atoms with van der Waals surface area (Å²) < 4.78 is 12.8. The maximum absolute atomic E-state index is 12.4. The number of carbonyl (C=O) groups is 2. The summed E-state index contributed by atoms with van der Waals surface area (Å²) in [6.07, 6.45) is 33.9. The number of carbonyl (C=O) groups excluding carboxylic acids is 2. The first-order valence-corrected chi connectivity index (χ1v) is 30.1. The van der Waals surface area contributed by atoms with Crippen LogP contribution < -0.4 is 0 Å². The Kier molecular flexibility index (Phi) is 18.2. The molecule has 394 valence electrons. The Bertz CT molecular complexity index is 1880. The van der Waals surface area contributed by atoms with Crippen molar-refractivity contribution in [3.63, 3.8) is 0 Å². The molecule has 0 N–H and O–H groups in total. The Hall–Kier alpha value is -2.34. The number of unbranched alkanes of at least 4 members (excludes halogenated alkanes) is 4. The lowest BCUT2D eigenvalue weighted by Gasteiger charge is -2.65. The predicted octanol–water partition coefficient (Wildman–Crippen LogP) is 16.9. The van der Waals surface area contributed by atoms with Gasteiger partial charge in [-0.05, 0) is 214 Å². The van der Waals surface area contributed by atoms with E-state index in [9.17, 15) is 9.59 Å². The van der Waals surface area contributed by atoms with Crippen molar-refractivity contribution in [1.29, 1.82) is 10.5 Å². The molecule has 0 unspecified atom stereocenters. The van der Waals surface area contributed by atoms with Crippen LogP contribution in [0.2, 0.25) is 0 Å². The van der Waals surface area contributed by atoms with Gasteiger partial charge in [-0.15, -0.1) is 0 Å². The Morgan fingerprint density at radius 3 is 1.43 bits per heavy atom. The van der Waals surface area contributed by atoms with Crippen LogP contribution in [-0.2, 0) is 19.1 Å². The molecule has 6 heteroatoms. The summed E-state index contributed by atoms with van der Waals surface area (Å²) in [6.45, 7) is 28.4. The Morgan fingerprint density at radius 1 is 0.586 bits per heavy atom. The monoisotopic (exact) mass is 965 g/mol. The second-order valence-electron chi connectivity index (χ2n) is 27.5. The van der Waals surface area contributed by atoms with Crippen LogP contribution in [0.4, 0.5) is 0 Å². The molecule has 0 radical (unpaired) electrons. The van der Waals surface area contributed by atoms with Crippen molar-refractivity contribution >= 4 is 11.9 Å². The van der Waals surface area contributed by atoms with Gasteiger partial charge in [0.2, 0.25) is 0 Å². The largest absolute Gasteiger partial charge is 0.462 e. The van der Waals surface area contributed by atoms with Crippen molar-refractivity contribution in [1.82, 2.24) is 0 Å². The van der Waals surface area contributed by atoms with E-state index >= 15 is 0 Å². The van der Waals surface area contributed by atoms with Crippen LogP contribution in [0.3, 0.4) is 0 Å². The number of hydrogen-bond acceptors (Lipinski definition) is 6. The zero-order chi connectivity index (χ0) is 50.8. The second-order valence-corrected chi connectivity index (χ2v) is 27.5. The quantitative estimate of drug-likeness (QED) is 0.0921. The van der Waals surface area contributed by atoms with Gasteiger partial charge in [0.15, 0.2) is 0 Å². The molecule has 22 atom stereocenters. The lowest BCUT2D eigenvalue weighted by molar-refractivity contribution is -0.214. The summed E-state index contributed by atoms with van der Waals surface area (Å²) in [5.74, 6) is 10.8. The summed E-state index contributed by atoms with van der Waals surface area (Å²) in [5, 5.41) is 17.6. The number of hydrogen-bond donors (Lipinski definition) is 0. The van der Waals surface area contributed by atoms with Crippen LogP contribution in [-0.4, -0.2) is 24.1 Å². The molecule has 8 aliphatic carbocycles. The van der Waals surface area contributed by atoms with E-state index in [2.05, 4.69) is 81.4 Å². The molecule has 0 aromatic carbocycles. The third kappa shape index (κ3) is 10.5. The molecule has 8 fully saturated rings. The van der Waals surface area contributed by atoms with Crippen LogP contribution in [0.5, 0.6) is 0 Å². The first-order valence-electron chi connectivity index (χ1n) is 30.1. The van der Waals surface area contributed by atoms with E-state index in [1.165, 1.54) is 122 Å². The molecular weight excluding hydrogens is 861 g/mol. The number of allylic oxidation sites excluding steroid dienone is 2. The van der Waals surface area contributed by atoms with Crippen LogP contribution in [0, 0.1) is 139 Å². The molecule has 70 heavy (non-hydrogen) atoms. The molecule has 8 saturated carbocycles. The van der Waals surface area contributed by atoms with E-state index < -0.39 is 0 Å². The summed E-state index contributed by atoms with van der Waals surface area (Å²) in [5.41, 5.74) is 1.58. The molecule has 0 aromatic rings. The van der Waals surface area contributed by atoms with Gasteiger partial charge in [0.1, 0.15) is 12.2 Å². The number of ether oxygens (including phenoxy) is 2. The van der Waals surface area contributed by atoms with E-state index in [1.54, 1.807) is 19.9 Å². The van der Waals surface area contributed by atoms with Gasteiger partial charge in [-0.25, -0.2) is 0 Å². The van der Waals surface area contributed by atoms with E-state index in [0.29, 0.717) is 93.2 Å². The molecule has 0 spiro atoms. The van der Waals surface area contributed by atoms with Crippen LogP contribution in [0.25, 0.3) is 0 Å². The van der Waals surface area contributed by atoms with Crippen LogP contribution >= 0.6 is 0 Å². The highest BCUT2D eigenvalue weighted by molar-refractivity contribution is 5.66. The maximum atomic E-state index is 12.4. The third-order valence-electron chi connectivity index (χ3n) is 24.1. The number of nitrogens with zero attached hydrogens (tertiary/aromatic N) is 2. The van der Waals surface area contributed by atoms with Crippen LogP contribution in [0.1, 0.15) is 237 Å². The molecule has 0 heterocycles. The van der Waals surface area contributed by atoms with E-state index in [4.69, 9.17) is 20.0 Å². The maximum Gasteiger partial charge on any atom is 0.302 e. The minimum atomic E-state index is -0.0692. The Morgan fingerprint density at radius 2 is 1.01 bits per heavy atom. The highest BCUT2D eigenvalue weighted by atomic mass is 16.5. The molecule has 0 aliphatic heterocycles. The van der Waals surface area contributed by atoms with Gasteiger partial charge in [0.05, 0.1) is 12.1 Å². The van der Waals surface area contributed by atoms with Gasteiger partial charge in [-0.3, -0.25) is 9.59 Å². The van der Waals surface area contributed by atoms with Gasteiger partial charge >= 0.3 is 11.9 Å². The standard InChI is InChI=1S/C32H53NO2.C32H51NO2/c2*1-7-24-28-20-21(2)15-17-32(28,6)27-16-18-31(5)25(22(3)12-10-8-9-11-19-33)13-14-26(31)29(27)30(24)35-23(4)34/h21-22,24-30H,7-18,20H2,1-6H3;9,11,21-22,24-30H,7-8,10,12-18,20H2,1-6H3/b;11-9+/t2*21-,22-,24-,25-,26+,27+,28+,29+,30-,31-,32-/m11/s1. The topological polar surface area (TPSA) is 100 Å². The van der Waals surface area contributed by atoms with Crippen molar-refractivity contribution in [2.45, 2.75) is 249 Å². The van der Waals surface area contributed by atoms with Crippen molar-refractivity contribution in [3.05, 3.63) is 12.2 Å². The molecule has 6 nitrogen and oxygen atoms in total. The molecule has 0 bridgehead atoms. The summed E-state index contributed by atoms with van der Waals surface area (Å²) in [4.78, 5) is 24.9. The van der Waals surface area contributed by atoms with Crippen molar-refractivity contribution < 1.29 is 19.1 Å². The predicted molar refractivity (Wildman–Crippen MR) is 285 cm³/mol. The molecule has 0 aromatic heterocycles. The first kappa shape index (κ1) is 55.4. The average molecular weight is 966 g/mol. The Balaban J connectivity index is 0.000000206. The summed E-state index contributed by atoms with van der Waals surface area (Å²) in [7, 11) is 0. The number of rotatable bonds is 15. The van der Waals surface area contributed by atoms with E-state index in [-0.39, 0.29) is 24.1 Å². The number of nitriles is 2. The molecule has 0 amide bonds. The van der Waals surface area contributed by atoms with Gasteiger partial charge in [-0.1, -0.05) is 114 Å². The first-order chi connectivity index (χ1) is 33.3. The summed E-state index contributed by atoms with van der Waals surface area (Å²) >= 11 is 0. The minimum absolute atomic E-state index is 0.0628. The van der Waals surface area contributed by atoms with Crippen LogP contribution in [0.15, 0.2) is 12.2 Å². The molecule has 0 saturated heterocycles. The van der Waals surface area contributed by atoms with Crippen molar-refractivity contribution in [2.24, 2.45) is 116 Å².